The Morgan fingerprint density at radius 2 is 1.92 bits per heavy atom. The summed E-state index contributed by atoms with van der Waals surface area (Å²) in [6, 6.07) is 0. The summed E-state index contributed by atoms with van der Waals surface area (Å²) in [5.74, 6) is 0.594. The minimum absolute atomic E-state index is 0.0869. The zero-order valence-corrected chi connectivity index (χ0v) is 9.52. The van der Waals surface area contributed by atoms with Gasteiger partial charge < -0.3 is 5.11 Å². The molecule has 1 N–H and O–H groups in total. The molecule has 0 saturated heterocycles. The van der Waals surface area contributed by atoms with Crippen molar-refractivity contribution in [2.45, 2.75) is 53.6 Å². The molecule has 1 rings (SSSR count). The second kappa shape index (κ2) is 3.45. The van der Waals surface area contributed by atoms with Crippen LogP contribution in [0.2, 0.25) is 0 Å². The van der Waals surface area contributed by atoms with Crippen LogP contribution in [-0.4, -0.2) is 11.2 Å². The van der Waals surface area contributed by atoms with Gasteiger partial charge in [0.25, 0.3) is 0 Å². The Hall–Kier alpha value is -0.300. The Kier molecular flexibility index (Phi) is 2.86. The fraction of sp³-hybridized carbons (Fsp3) is 0.833. The van der Waals surface area contributed by atoms with Gasteiger partial charge in [-0.25, -0.2) is 0 Å². The van der Waals surface area contributed by atoms with E-state index >= 15 is 0 Å². The van der Waals surface area contributed by atoms with Gasteiger partial charge in [-0.1, -0.05) is 25.0 Å². The average molecular weight is 182 g/mol. The summed E-state index contributed by atoms with van der Waals surface area (Å²) in [4.78, 5) is 0. The number of rotatable bonds is 1. The zero-order chi connectivity index (χ0) is 10.2. The molecule has 1 heteroatoms. The van der Waals surface area contributed by atoms with Gasteiger partial charge in [0.1, 0.15) is 0 Å². The predicted octanol–water partition coefficient (Wildman–Crippen LogP) is 3.14. The van der Waals surface area contributed by atoms with Crippen molar-refractivity contribution in [1.82, 2.24) is 0 Å². The molecule has 0 aromatic carbocycles. The molecule has 1 aliphatic carbocycles. The minimum atomic E-state index is -0.203. The minimum Gasteiger partial charge on any atom is -0.393 e. The highest BCUT2D eigenvalue weighted by molar-refractivity contribution is 5.18. The summed E-state index contributed by atoms with van der Waals surface area (Å²) in [6.07, 6.45) is 2.00. The highest BCUT2D eigenvalue weighted by Gasteiger charge is 2.38. The molecule has 76 valence electrons. The molecule has 0 amide bonds. The third-order valence-electron chi connectivity index (χ3n) is 4.07. The van der Waals surface area contributed by atoms with E-state index in [9.17, 15) is 5.11 Å². The van der Waals surface area contributed by atoms with Gasteiger partial charge in [-0.05, 0) is 44.9 Å². The van der Waals surface area contributed by atoms with Crippen LogP contribution in [0.15, 0.2) is 11.1 Å². The van der Waals surface area contributed by atoms with Crippen molar-refractivity contribution in [3.05, 3.63) is 11.1 Å². The van der Waals surface area contributed by atoms with Gasteiger partial charge in [0, 0.05) is 0 Å². The summed E-state index contributed by atoms with van der Waals surface area (Å²) >= 11 is 0. The van der Waals surface area contributed by atoms with E-state index in [1.54, 1.807) is 0 Å². The fourth-order valence-electron chi connectivity index (χ4n) is 2.32. The monoisotopic (exact) mass is 182 g/mol. The highest BCUT2D eigenvalue weighted by atomic mass is 16.3. The molecule has 0 aromatic heterocycles. The van der Waals surface area contributed by atoms with Crippen molar-refractivity contribution in [3.8, 4) is 0 Å². The van der Waals surface area contributed by atoms with Crippen molar-refractivity contribution in [2.75, 3.05) is 0 Å². The van der Waals surface area contributed by atoms with Gasteiger partial charge in [-0.15, -0.1) is 0 Å². The number of allylic oxidation sites excluding steroid dienone is 2. The molecular formula is C12H22O. The van der Waals surface area contributed by atoms with E-state index in [1.165, 1.54) is 11.1 Å². The van der Waals surface area contributed by atoms with Crippen LogP contribution in [0, 0.1) is 11.3 Å². The van der Waals surface area contributed by atoms with Crippen LogP contribution >= 0.6 is 0 Å². The van der Waals surface area contributed by atoms with Crippen LogP contribution in [0.25, 0.3) is 0 Å². The van der Waals surface area contributed by atoms with Gasteiger partial charge in [0.15, 0.2) is 0 Å². The van der Waals surface area contributed by atoms with Crippen LogP contribution in [0.5, 0.6) is 0 Å². The molecule has 13 heavy (non-hydrogen) atoms. The Labute approximate surface area is 81.9 Å². The molecule has 0 fully saturated rings. The maximum absolute atomic E-state index is 9.79. The van der Waals surface area contributed by atoms with Gasteiger partial charge >= 0.3 is 0 Å². The molecule has 0 aromatic rings. The van der Waals surface area contributed by atoms with Crippen LogP contribution < -0.4 is 0 Å². The zero-order valence-electron chi connectivity index (χ0n) is 9.52. The van der Waals surface area contributed by atoms with Crippen LogP contribution in [0.3, 0.4) is 0 Å². The smallest absolute Gasteiger partial charge is 0.0571 e. The first-order valence-electron chi connectivity index (χ1n) is 5.21. The summed E-state index contributed by atoms with van der Waals surface area (Å²) in [5, 5.41) is 9.79. The Bertz CT molecular complexity index is 227. The van der Waals surface area contributed by atoms with Crippen molar-refractivity contribution in [2.24, 2.45) is 11.3 Å². The quantitative estimate of drug-likeness (QED) is 0.618. The molecule has 0 saturated carbocycles. The molecule has 0 radical (unpaired) electrons. The SMILES string of the molecule is CC1=C(C)CC(C)([C@H](C)O)C(C)C1. The lowest BCUT2D eigenvalue weighted by Crippen LogP contribution is -2.39. The van der Waals surface area contributed by atoms with E-state index in [-0.39, 0.29) is 11.5 Å². The fourth-order valence-corrected chi connectivity index (χ4v) is 2.32. The van der Waals surface area contributed by atoms with Gasteiger partial charge in [-0.2, -0.15) is 0 Å². The Morgan fingerprint density at radius 3 is 2.38 bits per heavy atom. The van der Waals surface area contributed by atoms with Gasteiger partial charge in [0.05, 0.1) is 6.10 Å². The van der Waals surface area contributed by atoms with Crippen molar-refractivity contribution < 1.29 is 5.11 Å². The Morgan fingerprint density at radius 1 is 1.38 bits per heavy atom. The number of aliphatic hydroxyl groups excluding tert-OH is 1. The molecule has 1 nitrogen and oxygen atoms in total. The summed E-state index contributed by atoms with van der Waals surface area (Å²) in [7, 11) is 0. The first kappa shape index (κ1) is 10.8. The van der Waals surface area contributed by atoms with E-state index < -0.39 is 0 Å². The number of hydrogen-bond donors (Lipinski definition) is 1. The lowest BCUT2D eigenvalue weighted by Gasteiger charge is -2.43. The summed E-state index contributed by atoms with van der Waals surface area (Å²) < 4.78 is 0. The summed E-state index contributed by atoms with van der Waals surface area (Å²) in [6.45, 7) is 10.8. The maximum Gasteiger partial charge on any atom is 0.0571 e. The van der Waals surface area contributed by atoms with E-state index in [1.807, 2.05) is 6.92 Å². The predicted molar refractivity (Wildman–Crippen MR) is 56.6 cm³/mol. The lowest BCUT2D eigenvalue weighted by molar-refractivity contribution is 0.00555. The molecule has 2 unspecified atom stereocenters. The molecule has 1 aliphatic rings. The average Bonchev–Trinajstić information content (AvgIpc) is 2.01. The van der Waals surface area contributed by atoms with E-state index in [0.29, 0.717) is 5.92 Å². The van der Waals surface area contributed by atoms with Crippen LogP contribution in [0.4, 0.5) is 0 Å². The second-order valence-electron chi connectivity index (χ2n) is 5.02. The largest absolute Gasteiger partial charge is 0.393 e. The third-order valence-corrected chi connectivity index (χ3v) is 4.07. The molecular weight excluding hydrogens is 160 g/mol. The van der Waals surface area contributed by atoms with E-state index in [2.05, 4.69) is 27.7 Å². The molecule has 0 heterocycles. The van der Waals surface area contributed by atoms with Gasteiger partial charge in [-0.3, -0.25) is 0 Å². The number of aliphatic hydroxyl groups is 1. The van der Waals surface area contributed by atoms with Crippen LogP contribution in [0.1, 0.15) is 47.5 Å². The second-order valence-corrected chi connectivity index (χ2v) is 5.02. The normalized spacial score (nSPS) is 37.8. The highest BCUT2D eigenvalue weighted by Crippen LogP contribution is 2.45. The lowest BCUT2D eigenvalue weighted by atomic mass is 9.64. The first-order valence-corrected chi connectivity index (χ1v) is 5.21. The molecule has 3 atom stereocenters. The number of hydrogen-bond acceptors (Lipinski definition) is 1. The van der Waals surface area contributed by atoms with E-state index in [0.717, 1.165) is 12.8 Å². The van der Waals surface area contributed by atoms with Gasteiger partial charge in [0.2, 0.25) is 0 Å². The van der Waals surface area contributed by atoms with Crippen LogP contribution in [-0.2, 0) is 0 Å². The maximum atomic E-state index is 9.79. The standard InChI is InChI=1S/C12H22O/c1-8-6-10(3)12(5,11(4)13)7-9(8)2/h10-11,13H,6-7H2,1-5H3/t10?,11-,12?/m0/s1. The van der Waals surface area contributed by atoms with Crippen molar-refractivity contribution in [3.63, 3.8) is 0 Å². The van der Waals surface area contributed by atoms with Crippen molar-refractivity contribution >= 4 is 0 Å². The van der Waals surface area contributed by atoms with E-state index in [4.69, 9.17) is 0 Å². The van der Waals surface area contributed by atoms with Crippen molar-refractivity contribution in [1.29, 1.82) is 0 Å². The molecule has 0 aliphatic heterocycles. The first-order chi connectivity index (χ1) is 5.88. The summed E-state index contributed by atoms with van der Waals surface area (Å²) in [5.41, 5.74) is 3.08. The molecule has 0 bridgehead atoms. The Balaban J connectivity index is 2.93. The topological polar surface area (TPSA) is 20.2 Å². The molecule has 0 spiro atoms. The third kappa shape index (κ3) is 1.80.